The normalized spacial score (nSPS) is 13.3. The van der Waals surface area contributed by atoms with Gasteiger partial charge in [-0.1, -0.05) is 54.6 Å². The molecule has 1 unspecified atom stereocenters. The highest BCUT2D eigenvalue weighted by atomic mass is 16.3. The van der Waals surface area contributed by atoms with E-state index in [4.69, 9.17) is 0 Å². The third-order valence-corrected chi connectivity index (χ3v) is 3.11. The number of hydrogen-bond acceptors (Lipinski definition) is 1. The maximum atomic E-state index is 10.6. The van der Waals surface area contributed by atoms with Crippen LogP contribution in [0.4, 0.5) is 0 Å². The molecule has 2 aromatic carbocycles. The van der Waals surface area contributed by atoms with Gasteiger partial charge in [0.15, 0.2) is 0 Å². The lowest BCUT2D eigenvalue weighted by molar-refractivity contribution is -0.884. The van der Waals surface area contributed by atoms with Gasteiger partial charge in [0.2, 0.25) is 0 Å². The molecule has 0 radical (unpaired) electrons. The Balaban J connectivity index is 2.35. The van der Waals surface area contributed by atoms with Crippen LogP contribution in [0.2, 0.25) is 0 Å². The fourth-order valence-electron chi connectivity index (χ4n) is 2.27. The van der Waals surface area contributed by atoms with E-state index in [1.165, 1.54) is 5.56 Å². The molecular weight excluding hydrogens is 234 g/mol. The number of quaternary nitrogens is 1. The van der Waals surface area contributed by atoms with E-state index < -0.39 is 6.10 Å². The van der Waals surface area contributed by atoms with Crippen molar-refractivity contribution >= 4 is 0 Å². The largest absolute Gasteiger partial charge is 0.384 e. The molecule has 2 heteroatoms. The molecule has 0 heterocycles. The van der Waals surface area contributed by atoms with Crippen molar-refractivity contribution in [3.63, 3.8) is 0 Å². The summed E-state index contributed by atoms with van der Waals surface area (Å²) in [6.45, 7) is 0.903. The van der Waals surface area contributed by atoms with Crippen LogP contribution < -0.4 is 0 Å². The first-order chi connectivity index (χ1) is 8.97. The SMILES string of the molecule is C[N+](C)(C)Cc1ccccc1C(O)c1ccccc1. The average Bonchev–Trinajstić information content (AvgIpc) is 2.38. The maximum Gasteiger partial charge on any atom is 0.105 e. The van der Waals surface area contributed by atoms with Gasteiger partial charge >= 0.3 is 0 Å². The van der Waals surface area contributed by atoms with Crippen molar-refractivity contribution in [1.29, 1.82) is 0 Å². The quantitative estimate of drug-likeness (QED) is 0.834. The molecular formula is C17H22NO+. The van der Waals surface area contributed by atoms with Crippen molar-refractivity contribution in [3.8, 4) is 0 Å². The number of hydrogen-bond donors (Lipinski definition) is 1. The van der Waals surface area contributed by atoms with Crippen LogP contribution in [0.25, 0.3) is 0 Å². The van der Waals surface area contributed by atoms with Crippen LogP contribution in [0.5, 0.6) is 0 Å². The molecule has 2 aromatic rings. The van der Waals surface area contributed by atoms with E-state index in [1.807, 2.05) is 48.5 Å². The van der Waals surface area contributed by atoms with Crippen molar-refractivity contribution in [2.75, 3.05) is 21.1 Å². The zero-order valence-corrected chi connectivity index (χ0v) is 11.9. The predicted molar refractivity (Wildman–Crippen MR) is 78.7 cm³/mol. The van der Waals surface area contributed by atoms with Crippen LogP contribution in [0.1, 0.15) is 22.8 Å². The number of aliphatic hydroxyl groups excluding tert-OH is 1. The third kappa shape index (κ3) is 3.66. The van der Waals surface area contributed by atoms with E-state index in [-0.39, 0.29) is 0 Å². The van der Waals surface area contributed by atoms with Gasteiger partial charge < -0.3 is 9.59 Å². The van der Waals surface area contributed by atoms with Gasteiger partial charge in [-0.2, -0.15) is 0 Å². The highest BCUT2D eigenvalue weighted by Gasteiger charge is 2.18. The first-order valence-corrected chi connectivity index (χ1v) is 6.59. The van der Waals surface area contributed by atoms with Gasteiger partial charge in [-0.05, 0) is 11.1 Å². The van der Waals surface area contributed by atoms with Gasteiger partial charge in [0, 0.05) is 5.56 Å². The zero-order valence-electron chi connectivity index (χ0n) is 11.9. The Bertz CT molecular complexity index is 528. The van der Waals surface area contributed by atoms with Crippen molar-refractivity contribution in [3.05, 3.63) is 71.3 Å². The summed E-state index contributed by atoms with van der Waals surface area (Å²) in [6.07, 6.45) is -0.552. The van der Waals surface area contributed by atoms with Crippen molar-refractivity contribution in [2.45, 2.75) is 12.6 Å². The van der Waals surface area contributed by atoms with E-state index in [0.29, 0.717) is 0 Å². The van der Waals surface area contributed by atoms with E-state index in [0.717, 1.165) is 22.2 Å². The van der Waals surface area contributed by atoms with Crippen molar-refractivity contribution in [2.24, 2.45) is 0 Å². The first-order valence-electron chi connectivity index (χ1n) is 6.59. The van der Waals surface area contributed by atoms with E-state index in [9.17, 15) is 5.11 Å². The van der Waals surface area contributed by atoms with Crippen LogP contribution in [0.15, 0.2) is 54.6 Å². The molecule has 1 N–H and O–H groups in total. The smallest absolute Gasteiger partial charge is 0.105 e. The predicted octanol–water partition coefficient (Wildman–Crippen LogP) is 2.97. The van der Waals surface area contributed by atoms with E-state index in [2.05, 4.69) is 27.2 Å². The number of aliphatic hydroxyl groups is 1. The summed E-state index contributed by atoms with van der Waals surface area (Å²) in [6, 6.07) is 18.0. The molecule has 0 aliphatic heterocycles. The van der Waals surface area contributed by atoms with Gasteiger partial charge in [0.25, 0.3) is 0 Å². The fourth-order valence-corrected chi connectivity index (χ4v) is 2.27. The Labute approximate surface area is 115 Å². The standard InChI is InChI=1S/C17H22NO/c1-18(2,3)13-15-11-7-8-12-16(15)17(19)14-9-5-4-6-10-14/h4-12,17,19H,13H2,1-3H3/q+1. The average molecular weight is 256 g/mol. The molecule has 100 valence electrons. The summed E-state index contributed by atoms with van der Waals surface area (Å²) in [4.78, 5) is 0. The van der Waals surface area contributed by atoms with Crippen LogP contribution in [0.3, 0.4) is 0 Å². The molecule has 0 aliphatic carbocycles. The third-order valence-electron chi connectivity index (χ3n) is 3.11. The number of rotatable bonds is 4. The van der Waals surface area contributed by atoms with Gasteiger partial charge in [0.1, 0.15) is 12.6 Å². The Morgan fingerprint density at radius 1 is 0.895 bits per heavy atom. The lowest BCUT2D eigenvalue weighted by atomic mass is 9.96. The molecule has 2 nitrogen and oxygen atoms in total. The Morgan fingerprint density at radius 3 is 2.11 bits per heavy atom. The Hall–Kier alpha value is -1.64. The van der Waals surface area contributed by atoms with Gasteiger partial charge in [-0.3, -0.25) is 0 Å². The minimum absolute atomic E-state index is 0.552. The van der Waals surface area contributed by atoms with Crippen LogP contribution >= 0.6 is 0 Å². The zero-order chi connectivity index (χ0) is 13.9. The summed E-state index contributed by atoms with van der Waals surface area (Å²) < 4.78 is 0.846. The Kier molecular flexibility index (Phi) is 4.03. The molecule has 0 saturated heterocycles. The lowest BCUT2D eigenvalue weighted by Gasteiger charge is -2.26. The highest BCUT2D eigenvalue weighted by molar-refractivity contribution is 5.35. The van der Waals surface area contributed by atoms with E-state index >= 15 is 0 Å². The second-order valence-corrected chi connectivity index (χ2v) is 5.96. The maximum absolute atomic E-state index is 10.6. The molecule has 0 spiro atoms. The summed E-state index contributed by atoms with van der Waals surface area (Å²) in [5.41, 5.74) is 3.14. The lowest BCUT2D eigenvalue weighted by Crippen LogP contribution is -2.33. The summed E-state index contributed by atoms with van der Waals surface area (Å²) in [5.74, 6) is 0. The molecule has 19 heavy (non-hydrogen) atoms. The van der Waals surface area contributed by atoms with Crippen LogP contribution in [-0.4, -0.2) is 30.7 Å². The molecule has 0 aliphatic rings. The van der Waals surface area contributed by atoms with Crippen molar-refractivity contribution < 1.29 is 9.59 Å². The Morgan fingerprint density at radius 2 is 1.47 bits per heavy atom. The van der Waals surface area contributed by atoms with Gasteiger partial charge in [-0.25, -0.2) is 0 Å². The first kappa shape index (κ1) is 13.8. The van der Waals surface area contributed by atoms with Gasteiger partial charge in [-0.15, -0.1) is 0 Å². The number of nitrogens with zero attached hydrogens (tertiary/aromatic N) is 1. The fraction of sp³-hybridized carbons (Fsp3) is 0.294. The van der Waals surface area contributed by atoms with Crippen LogP contribution in [0, 0.1) is 0 Å². The highest BCUT2D eigenvalue weighted by Crippen LogP contribution is 2.26. The summed E-state index contributed by atoms with van der Waals surface area (Å²) in [5, 5.41) is 10.6. The van der Waals surface area contributed by atoms with Gasteiger partial charge in [0.05, 0.1) is 21.1 Å². The van der Waals surface area contributed by atoms with E-state index in [1.54, 1.807) is 0 Å². The summed E-state index contributed by atoms with van der Waals surface area (Å²) in [7, 11) is 6.48. The number of benzene rings is 2. The molecule has 0 aromatic heterocycles. The second kappa shape index (κ2) is 5.55. The second-order valence-electron chi connectivity index (χ2n) is 5.96. The minimum atomic E-state index is -0.552. The molecule has 0 bridgehead atoms. The molecule has 0 amide bonds. The minimum Gasteiger partial charge on any atom is -0.384 e. The molecule has 1 atom stereocenters. The topological polar surface area (TPSA) is 20.2 Å². The molecule has 2 rings (SSSR count). The van der Waals surface area contributed by atoms with Crippen LogP contribution in [-0.2, 0) is 6.54 Å². The monoisotopic (exact) mass is 256 g/mol. The summed E-state index contributed by atoms with van der Waals surface area (Å²) >= 11 is 0. The molecule has 0 saturated carbocycles. The molecule has 0 fully saturated rings. The van der Waals surface area contributed by atoms with Crippen molar-refractivity contribution in [1.82, 2.24) is 0 Å².